The summed E-state index contributed by atoms with van der Waals surface area (Å²) in [6, 6.07) is 0. The van der Waals surface area contributed by atoms with Crippen molar-refractivity contribution in [1.82, 2.24) is 23.9 Å². The molecule has 2 aliphatic heterocycles. The highest BCUT2D eigenvalue weighted by Crippen LogP contribution is 2.44. The minimum Gasteiger partial charge on any atom is -0.475 e. The number of aromatic nitrogens is 2. The Bertz CT molecular complexity index is 1030. The van der Waals surface area contributed by atoms with Gasteiger partial charge in [-0.2, -0.15) is 18.3 Å². The van der Waals surface area contributed by atoms with E-state index in [1.807, 2.05) is 33.3 Å². The summed E-state index contributed by atoms with van der Waals surface area (Å²) in [6.45, 7) is 6.92. The zero-order valence-electron chi connectivity index (χ0n) is 21.3. The summed E-state index contributed by atoms with van der Waals surface area (Å²) in [7, 11) is 2.18. The maximum absolute atomic E-state index is 13.3. The third-order valence-corrected chi connectivity index (χ3v) is 8.60. The largest absolute Gasteiger partial charge is 0.490 e. The second-order valence-corrected chi connectivity index (χ2v) is 12.2. The summed E-state index contributed by atoms with van der Waals surface area (Å²) in [6.07, 6.45) is 0.210. The Balaban J connectivity index is 0.000000572. The van der Waals surface area contributed by atoms with Gasteiger partial charge in [0.1, 0.15) is 0 Å². The molecule has 2 fully saturated rings. The fourth-order valence-corrected chi connectivity index (χ4v) is 6.88. The maximum atomic E-state index is 13.3. The molecule has 2 atom stereocenters. The average molecular weight is 540 g/mol. The van der Waals surface area contributed by atoms with Crippen molar-refractivity contribution in [3.8, 4) is 0 Å². The first-order chi connectivity index (χ1) is 16.5. The highest BCUT2D eigenvalue weighted by Gasteiger charge is 2.54. The normalized spacial score (nSPS) is 23.5. The van der Waals surface area contributed by atoms with Crippen LogP contribution in [0.3, 0.4) is 0 Å². The maximum Gasteiger partial charge on any atom is 0.490 e. The molecule has 1 aromatic rings. The number of hydrogen-bond donors (Lipinski definition) is 1. The highest BCUT2D eigenvalue weighted by atomic mass is 32.2. The van der Waals surface area contributed by atoms with E-state index in [1.54, 1.807) is 28.0 Å². The van der Waals surface area contributed by atoms with Crippen LogP contribution in [0.5, 0.6) is 0 Å². The number of likely N-dealkylation sites (tertiary alicyclic amines) is 1. The molecule has 1 aromatic heterocycles. The molecule has 2 aliphatic rings. The lowest BCUT2D eigenvalue weighted by atomic mass is 9.74. The van der Waals surface area contributed by atoms with Crippen molar-refractivity contribution in [1.29, 1.82) is 0 Å². The van der Waals surface area contributed by atoms with Gasteiger partial charge in [0.15, 0.2) is 0 Å². The van der Waals surface area contributed by atoms with Gasteiger partial charge in [-0.15, -0.1) is 0 Å². The summed E-state index contributed by atoms with van der Waals surface area (Å²) in [5, 5.41) is 11.4. The molecule has 2 saturated heterocycles. The SMILES string of the molecule is CC(C)CS(=O)(=O)N1CCC[C@]2(C(=O)N(C)C)CN(Cc3cnn(C)c3)C[C@@H]2C1.O=C(O)C(F)(F)F. The van der Waals surface area contributed by atoms with Crippen molar-refractivity contribution in [3.05, 3.63) is 18.0 Å². The number of carbonyl (C=O) groups is 2. The lowest BCUT2D eigenvalue weighted by Gasteiger charge is -2.35. The number of carboxylic acids is 1. The molecule has 0 aliphatic carbocycles. The Morgan fingerprint density at radius 3 is 2.36 bits per heavy atom. The average Bonchev–Trinajstić information content (AvgIpc) is 3.23. The van der Waals surface area contributed by atoms with E-state index in [0.717, 1.165) is 25.1 Å². The number of amides is 1. The van der Waals surface area contributed by atoms with Gasteiger partial charge in [-0.25, -0.2) is 17.5 Å². The van der Waals surface area contributed by atoms with Gasteiger partial charge in [0.2, 0.25) is 15.9 Å². The molecule has 0 spiro atoms. The standard InChI is InChI=1S/C20H35N5O3S.C2HF3O2/c1-16(2)14-29(27,28)25-8-6-7-20(19(26)22(3)4)15-24(12-18(20)13-25)11-17-9-21-23(5)10-17;3-2(4,5)1(6)7/h9-10,16,18H,6-8,11-15H2,1-5H3;(H,6,7)/t18-,20+;/m1./s1. The first-order valence-corrected chi connectivity index (χ1v) is 13.3. The van der Waals surface area contributed by atoms with E-state index < -0.39 is 27.6 Å². The number of carboxylic acid groups (broad SMARTS) is 1. The molecule has 10 nitrogen and oxygen atoms in total. The Morgan fingerprint density at radius 2 is 1.89 bits per heavy atom. The van der Waals surface area contributed by atoms with Gasteiger partial charge in [0.05, 0.1) is 17.4 Å². The Labute approximate surface area is 210 Å². The molecular weight excluding hydrogens is 503 g/mol. The van der Waals surface area contributed by atoms with Crippen molar-refractivity contribution in [3.63, 3.8) is 0 Å². The third-order valence-electron chi connectivity index (χ3n) is 6.40. The van der Waals surface area contributed by atoms with Crippen molar-refractivity contribution in [2.75, 3.05) is 46.0 Å². The first kappa shape index (κ1) is 30.0. The highest BCUT2D eigenvalue weighted by molar-refractivity contribution is 7.89. The predicted octanol–water partition coefficient (Wildman–Crippen LogP) is 1.64. The number of fused-ring (bicyclic) bond motifs is 1. The van der Waals surface area contributed by atoms with Gasteiger partial charge in [-0.3, -0.25) is 14.4 Å². The quantitative estimate of drug-likeness (QED) is 0.584. The molecule has 206 valence electrons. The van der Waals surface area contributed by atoms with Gasteiger partial charge in [-0.05, 0) is 18.8 Å². The zero-order valence-corrected chi connectivity index (χ0v) is 22.1. The molecule has 1 N–H and O–H groups in total. The number of rotatable bonds is 6. The van der Waals surface area contributed by atoms with E-state index in [9.17, 15) is 26.4 Å². The van der Waals surface area contributed by atoms with Gasteiger partial charge in [0.25, 0.3) is 0 Å². The minimum atomic E-state index is -5.08. The summed E-state index contributed by atoms with van der Waals surface area (Å²) in [5.41, 5.74) is 0.592. The molecule has 0 radical (unpaired) electrons. The number of alkyl halides is 3. The molecule has 0 saturated carbocycles. The molecule has 3 rings (SSSR count). The predicted molar refractivity (Wildman–Crippen MR) is 126 cm³/mol. The second kappa shape index (κ2) is 11.5. The second-order valence-electron chi connectivity index (χ2n) is 10.2. The van der Waals surface area contributed by atoms with Crippen LogP contribution < -0.4 is 0 Å². The molecule has 3 heterocycles. The smallest absolute Gasteiger partial charge is 0.475 e. The molecule has 0 aromatic carbocycles. The van der Waals surface area contributed by atoms with Crippen LogP contribution in [0.2, 0.25) is 0 Å². The Kier molecular flexibility index (Phi) is 9.57. The van der Waals surface area contributed by atoms with E-state index in [1.165, 1.54) is 0 Å². The Hall–Kier alpha value is -2.19. The Morgan fingerprint density at radius 1 is 1.28 bits per heavy atom. The van der Waals surface area contributed by atoms with Crippen molar-refractivity contribution >= 4 is 21.9 Å². The van der Waals surface area contributed by atoms with Crippen LogP contribution in [0.15, 0.2) is 12.4 Å². The van der Waals surface area contributed by atoms with Crippen molar-refractivity contribution < 1.29 is 36.3 Å². The summed E-state index contributed by atoms with van der Waals surface area (Å²) < 4.78 is 61.0. The van der Waals surface area contributed by atoms with Crippen LogP contribution in [-0.4, -0.2) is 101 Å². The van der Waals surface area contributed by atoms with Crippen LogP contribution >= 0.6 is 0 Å². The van der Waals surface area contributed by atoms with Crippen LogP contribution in [-0.2, 0) is 33.2 Å². The lowest BCUT2D eigenvalue weighted by molar-refractivity contribution is -0.192. The number of carbonyl (C=O) groups excluding carboxylic acids is 1. The number of nitrogens with zero attached hydrogens (tertiary/aromatic N) is 5. The topological polar surface area (TPSA) is 116 Å². The van der Waals surface area contributed by atoms with E-state index >= 15 is 0 Å². The fraction of sp³-hybridized carbons (Fsp3) is 0.773. The minimum absolute atomic E-state index is 0.00138. The van der Waals surface area contributed by atoms with Gasteiger partial charge in [-0.1, -0.05) is 13.8 Å². The number of aliphatic carboxylic acids is 1. The monoisotopic (exact) mass is 539 g/mol. The molecule has 0 unspecified atom stereocenters. The van der Waals surface area contributed by atoms with E-state index in [4.69, 9.17) is 9.90 Å². The van der Waals surface area contributed by atoms with Crippen molar-refractivity contribution in [2.24, 2.45) is 24.3 Å². The van der Waals surface area contributed by atoms with Crippen LogP contribution in [0, 0.1) is 17.3 Å². The molecular formula is C22H36F3N5O5S. The van der Waals surface area contributed by atoms with Crippen LogP contribution in [0.1, 0.15) is 32.3 Å². The van der Waals surface area contributed by atoms with Gasteiger partial charge >= 0.3 is 12.1 Å². The summed E-state index contributed by atoms with van der Waals surface area (Å²) >= 11 is 0. The number of hydrogen-bond acceptors (Lipinski definition) is 6. The van der Waals surface area contributed by atoms with Crippen LogP contribution in [0.4, 0.5) is 13.2 Å². The molecule has 0 bridgehead atoms. The fourth-order valence-electron chi connectivity index (χ4n) is 5.01. The zero-order chi connectivity index (χ0) is 27.5. The van der Waals surface area contributed by atoms with Gasteiger partial charge in [0, 0.05) is 71.5 Å². The van der Waals surface area contributed by atoms with E-state index in [0.29, 0.717) is 26.1 Å². The van der Waals surface area contributed by atoms with Crippen molar-refractivity contribution in [2.45, 2.75) is 39.4 Å². The van der Waals surface area contributed by atoms with E-state index in [-0.39, 0.29) is 23.5 Å². The van der Waals surface area contributed by atoms with Crippen LogP contribution in [0.25, 0.3) is 0 Å². The molecule has 14 heteroatoms. The number of sulfonamides is 1. The summed E-state index contributed by atoms with van der Waals surface area (Å²) in [5.74, 6) is -2.39. The lowest BCUT2D eigenvalue weighted by Crippen LogP contribution is -2.47. The first-order valence-electron chi connectivity index (χ1n) is 11.7. The van der Waals surface area contributed by atoms with E-state index in [2.05, 4.69) is 10.00 Å². The number of halogens is 3. The molecule has 1 amide bonds. The third kappa shape index (κ3) is 7.42. The number of aryl methyl sites for hydroxylation is 1. The summed E-state index contributed by atoms with van der Waals surface area (Å²) in [4.78, 5) is 26.2. The van der Waals surface area contributed by atoms with Gasteiger partial charge < -0.3 is 10.0 Å². The molecule has 36 heavy (non-hydrogen) atoms.